The summed E-state index contributed by atoms with van der Waals surface area (Å²) in [5.74, 6) is -4.45. The smallest absolute Gasteiger partial charge is 0.238 e. The van der Waals surface area contributed by atoms with Gasteiger partial charge in [-0.15, -0.1) is 0 Å². The fourth-order valence-corrected chi connectivity index (χ4v) is 10.2. The van der Waals surface area contributed by atoms with Crippen molar-refractivity contribution >= 4 is 45.7 Å². The number of fused-ring (bicyclic) bond motifs is 5. The molecule has 6 atom stereocenters. The number of allylic oxidation sites excluding steroid dienone is 4. The van der Waals surface area contributed by atoms with Crippen LogP contribution in [0.1, 0.15) is 35.4 Å². The number of hydrogen-bond donors (Lipinski definition) is 1. The lowest BCUT2D eigenvalue weighted by Crippen LogP contribution is -2.58. The number of oxazole rings is 1. The van der Waals surface area contributed by atoms with Crippen molar-refractivity contribution in [2.75, 3.05) is 12.0 Å². The average Bonchev–Trinajstić information content (AvgIpc) is 3.80. The van der Waals surface area contributed by atoms with Crippen LogP contribution in [0.2, 0.25) is 0 Å². The molecule has 9 heteroatoms. The molecule has 10 rings (SSSR count). The van der Waals surface area contributed by atoms with Crippen LogP contribution < -0.4 is 9.64 Å². The zero-order chi connectivity index (χ0) is 39.0. The minimum atomic E-state index is -1.50. The Labute approximate surface area is 327 Å². The van der Waals surface area contributed by atoms with Gasteiger partial charge in [-0.1, -0.05) is 90.5 Å². The van der Waals surface area contributed by atoms with Crippen LogP contribution in [0.3, 0.4) is 0 Å². The lowest BCUT2D eigenvalue weighted by atomic mass is 9.44. The third kappa shape index (κ3) is 5.04. The van der Waals surface area contributed by atoms with E-state index in [0.717, 1.165) is 11.1 Å². The molecule has 1 aliphatic heterocycles. The summed E-state index contributed by atoms with van der Waals surface area (Å²) in [4.78, 5) is 65.6. The summed E-state index contributed by atoms with van der Waals surface area (Å²) >= 11 is 0. The number of amides is 2. The molecular weight excluding hydrogens is 717 g/mol. The first-order chi connectivity index (χ1) is 27.8. The van der Waals surface area contributed by atoms with Crippen LogP contribution in [0.5, 0.6) is 11.5 Å². The zero-order valence-corrected chi connectivity index (χ0v) is 30.9. The average molecular weight is 753 g/mol. The van der Waals surface area contributed by atoms with Gasteiger partial charge in [0, 0.05) is 28.5 Å². The highest BCUT2D eigenvalue weighted by Crippen LogP contribution is 2.65. The monoisotopic (exact) mass is 752 g/mol. The molecule has 9 nitrogen and oxygen atoms in total. The van der Waals surface area contributed by atoms with Crippen LogP contribution in [-0.2, 0) is 24.6 Å². The SMILES string of the molecule is COc1cccc(O)c1C1C2=CCC3C(=O)N(c4ccc(-c5nc6ccccc6o5)cc4)C(=O)C3C2CC2C(=O)C(c3ccccc3)=CC(=O)C21c1ccccc1. The molecule has 6 aromatic rings. The summed E-state index contributed by atoms with van der Waals surface area (Å²) in [6.45, 7) is 0. The molecule has 4 aliphatic rings. The highest BCUT2D eigenvalue weighted by molar-refractivity contribution is 6.32. The number of hydrogen-bond acceptors (Lipinski definition) is 8. The van der Waals surface area contributed by atoms with Crippen molar-refractivity contribution in [2.45, 2.75) is 24.2 Å². The van der Waals surface area contributed by atoms with Crippen molar-refractivity contribution < 1.29 is 33.4 Å². The molecule has 3 aliphatic carbocycles. The molecule has 0 radical (unpaired) electrons. The van der Waals surface area contributed by atoms with Crippen LogP contribution in [-0.4, -0.2) is 40.6 Å². The first-order valence-electron chi connectivity index (χ1n) is 19.1. The summed E-state index contributed by atoms with van der Waals surface area (Å²) in [6.07, 6.45) is 3.83. The van der Waals surface area contributed by atoms with Gasteiger partial charge in [-0.3, -0.25) is 24.1 Å². The van der Waals surface area contributed by atoms with E-state index >= 15 is 9.59 Å². The van der Waals surface area contributed by atoms with Gasteiger partial charge in [0.2, 0.25) is 17.7 Å². The number of aromatic nitrogens is 1. The predicted molar refractivity (Wildman–Crippen MR) is 213 cm³/mol. The molecule has 2 heterocycles. The summed E-state index contributed by atoms with van der Waals surface area (Å²) in [5, 5.41) is 11.8. The Morgan fingerprint density at radius 3 is 2.23 bits per heavy atom. The maximum absolute atomic E-state index is 15.3. The van der Waals surface area contributed by atoms with E-state index in [2.05, 4.69) is 4.98 Å². The number of anilines is 1. The summed E-state index contributed by atoms with van der Waals surface area (Å²) in [7, 11) is 1.50. The number of methoxy groups -OCH3 is 1. The van der Waals surface area contributed by atoms with Gasteiger partial charge in [-0.25, -0.2) is 4.98 Å². The quantitative estimate of drug-likeness (QED) is 0.133. The molecule has 6 unspecified atom stereocenters. The Hall–Kier alpha value is -6.87. The lowest BCUT2D eigenvalue weighted by molar-refractivity contribution is -0.135. The molecule has 0 bridgehead atoms. The number of Topliss-reactive ketones (excluding diaryl/α,β-unsaturated/α-hetero) is 1. The Kier molecular flexibility index (Phi) is 7.97. The molecule has 2 amide bonds. The van der Waals surface area contributed by atoms with E-state index in [-0.39, 0.29) is 42.0 Å². The fourth-order valence-electron chi connectivity index (χ4n) is 10.2. The number of nitrogens with zero attached hydrogens (tertiary/aromatic N) is 2. The number of ether oxygens (including phenoxy) is 1. The van der Waals surface area contributed by atoms with E-state index in [1.54, 1.807) is 42.5 Å². The minimum absolute atomic E-state index is 0.0929. The maximum Gasteiger partial charge on any atom is 0.238 e. The normalized spacial score (nSPS) is 25.4. The van der Waals surface area contributed by atoms with Crippen molar-refractivity contribution in [3.8, 4) is 23.0 Å². The molecule has 0 spiro atoms. The first kappa shape index (κ1) is 34.6. The van der Waals surface area contributed by atoms with Gasteiger partial charge >= 0.3 is 0 Å². The number of phenolic OH excluding ortho intramolecular Hbond substituents is 1. The van der Waals surface area contributed by atoms with Gasteiger partial charge in [0.25, 0.3) is 0 Å². The van der Waals surface area contributed by atoms with Crippen molar-refractivity contribution in [3.05, 3.63) is 162 Å². The first-order valence-corrected chi connectivity index (χ1v) is 19.1. The van der Waals surface area contributed by atoms with Crippen LogP contribution in [0.4, 0.5) is 5.69 Å². The van der Waals surface area contributed by atoms with Gasteiger partial charge < -0.3 is 14.3 Å². The number of carbonyl (C=O) groups excluding carboxylic acids is 4. The number of rotatable bonds is 6. The van der Waals surface area contributed by atoms with Crippen molar-refractivity contribution in [2.24, 2.45) is 23.7 Å². The van der Waals surface area contributed by atoms with Crippen molar-refractivity contribution in [3.63, 3.8) is 0 Å². The van der Waals surface area contributed by atoms with E-state index < -0.39 is 35.0 Å². The molecule has 280 valence electrons. The lowest BCUT2D eigenvalue weighted by Gasteiger charge is -2.55. The molecule has 1 saturated carbocycles. The number of imide groups is 1. The minimum Gasteiger partial charge on any atom is -0.508 e. The molecule has 1 saturated heterocycles. The molecule has 1 aromatic heterocycles. The third-order valence-electron chi connectivity index (χ3n) is 12.6. The van der Waals surface area contributed by atoms with Crippen molar-refractivity contribution in [1.29, 1.82) is 0 Å². The highest BCUT2D eigenvalue weighted by atomic mass is 16.5. The number of carbonyl (C=O) groups is 4. The van der Waals surface area contributed by atoms with Crippen molar-refractivity contribution in [1.82, 2.24) is 4.98 Å². The van der Waals surface area contributed by atoms with Gasteiger partial charge in [0.15, 0.2) is 17.1 Å². The zero-order valence-electron chi connectivity index (χ0n) is 30.9. The molecular formula is C48H36N2O7. The van der Waals surface area contributed by atoms with E-state index in [9.17, 15) is 14.7 Å². The van der Waals surface area contributed by atoms with Gasteiger partial charge in [-0.05, 0) is 84.5 Å². The Morgan fingerprint density at radius 1 is 0.772 bits per heavy atom. The topological polar surface area (TPSA) is 127 Å². The molecule has 5 aromatic carbocycles. The van der Waals surface area contributed by atoms with Crippen LogP contribution >= 0.6 is 0 Å². The Bertz CT molecular complexity index is 2670. The Balaban J connectivity index is 1.12. The summed E-state index contributed by atoms with van der Waals surface area (Å²) < 4.78 is 11.8. The van der Waals surface area contributed by atoms with E-state index in [1.165, 1.54) is 18.1 Å². The van der Waals surface area contributed by atoms with Gasteiger partial charge in [0.05, 0.1) is 30.0 Å². The van der Waals surface area contributed by atoms with Crippen LogP contribution in [0.25, 0.3) is 28.1 Å². The number of aromatic hydroxyl groups is 1. The molecule has 57 heavy (non-hydrogen) atoms. The number of ketones is 2. The summed E-state index contributed by atoms with van der Waals surface area (Å²) in [6, 6.07) is 37.9. The molecule has 2 fully saturated rings. The number of phenols is 1. The van der Waals surface area contributed by atoms with Gasteiger partial charge in [0.1, 0.15) is 17.0 Å². The molecule has 1 N–H and O–H groups in total. The largest absolute Gasteiger partial charge is 0.508 e. The Morgan fingerprint density at radius 2 is 1.49 bits per heavy atom. The second kappa shape index (κ2) is 13.1. The fraction of sp³-hybridized carbons (Fsp3) is 0.188. The standard InChI is InChI=1S/C48H36N2O7/c1-56-39-18-10-16-37(51)42(39)43-31-23-24-32-41(47(55)50(46(32)54)30-21-19-28(20-22-30)45-49-36-15-8-9-17-38(36)57-45)34(31)25-35-44(53)33(27-11-4-2-5-12-27)26-40(52)48(35,43)29-13-6-3-7-14-29/h2-23,26,32,34-35,41,43,51H,24-25H2,1H3. The number of para-hydroxylation sites is 2. The third-order valence-corrected chi connectivity index (χ3v) is 12.6. The summed E-state index contributed by atoms with van der Waals surface area (Å²) in [5.41, 5.74) is 3.66. The second-order valence-corrected chi connectivity index (χ2v) is 15.2. The second-order valence-electron chi connectivity index (χ2n) is 15.2. The van der Waals surface area contributed by atoms with Gasteiger partial charge in [-0.2, -0.15) is 0 Å². The van der Waals surface area contributed by atoms with E-state index in [1.807, 2.05) is 91.0 Å². The number of benzene rings is 5. The van der Waals surface area contributed by atoms with Crippen LogP contribution in [0, 0.1) is 23.7 Å². The van der Waals surface area contributed by atoms with E-state index in [4.69, 9.17) is 9.15 Å². The van der Waals surface area contributed by atoms with E-state index in [0.29, 0.717) is 50.7 Å². The predicted octanol–water partition coefficient (Wildman–Crippen LogP) is 8.24. The van der Waals surface area contributed by atoms with Crippen LogP contribution in [0.15, 0.2) is 150 Å². The highest BCUT2D eigenvalue weighted by Gasteiger charge is 2.66. The maximum atomic E-state index is 15.3.